The number of aromatic nitrogens is 3. The summed E-state index contributed by atoms with van der Waals surface area (Å²) < 4.78 is 5.44. The average Bonchev–Trinajstić information content (AvgIpc) is 3.29. The fraction of sp³-hybridized carbons (Fsp3) is 0.300. The highest BCUT2D eigenvalue weighted by Crippen LogP contribution is 2.33. The molecule has 2 unspecified atom stereocenters. The minimum Gasteiger partial charge on any atom is -0.339 e. The highest BCUT2D eigenvalue weighted by atomic mass is 16.5. The summed E-state index contributed by atoms with van der Waals surface area (Å²) >= 11 is 0. The maximum absolute atomic E-state index is 12.5. The van der Waals surface area contributed by atoms with E-state index in [-0.39, 0.29) is 17.9 Å². The van der Waals surface area contributed by atoms with Crippen LogP contribution in [0.2, 0.25) is 0 Å². The van der Waals surface area contributed by atoms with Crippen LogP contribution in [0.4, 0.5) is 0 Å². The first-order valence-electron chi connectivity index (χ1n) is 8.73. The summed E-state index contributed by atoms with van der Waals surface area (Å²) in [6.07, 6.45) is 2.11. The van der Waals surface area contributed by atoms with Crippen LogP contribution in [-0.4, -0.2) is 32.5 Å². The molecule has 3 aromatic rings. The Morgan fingerprint density at radius 2 is 2.04 bits per heavy atom. The number of carbonyl (C=O) groups excluding carboxylic acids is 1. The molecule has 1 aromatic carbocycles. The van der Waals surface area contributed by atoms with Gasteiger partial charge in [-0.3, -0.25) is 9.78 Å². The van der Waals surface area contributed by atoms with Crippen LogP contribution >= 0.6 is 0 Å². The molecule has 1 aliphatic rings. The van der Waals surface area contributed by atoms with Crippen molar-refractivity contribution in [1.82, 2.24) is 20.0 Å². The van der Waals surface area contributed by atoms with Gasteiger partial charge in [-0.05, 0) is 37.1 Å². The second-order valence-corrected chi connectivity index (χ2v) is 6.71. The molecular formula is C20H20N4O2. The lowest BCUT2D eigenvalue weighted by atomic mass is 10.1. The van der Waals surface area contributed by atoms with Crippen molar-refractivity contribution in [1.29, 1.82) is 0 Å². The van der Waals surface area contributed by atoms with E-state index in [1.807, 2.05) is 61.2 Å². The van der Waals surface area contributed by atoms with Gasteiger partial charge in [-0.1, -0.05) is 35.5 Å². The lowest BCUT2D eigenvalue weighted by Crippen LogP contribution is -2.28. The van der Waals surface area contributed by atoms with Crippen LogP contribution < -0.4 is 0 Å². The van der Waals surface area contributed by atoms with E-state index in [0.29, 0.717) is 30.4 Å². The second kappa shape index (κ2) is 6.71. The van der Waals surface area contributed by atoms with Crippen molar-refractivity contribution in [2.75, 3.05) is 6.54 Å². The molecule has 3 heterocycles. The zero-order chi connectivity index (χ0) is 18.1. The summed E-state index contributed by atoms with van der Waals surface area (Å²) in [7, 11) is 0. The third-order valence-corrected chi connectivity index (χ3v) is 4.84. The number of carbonyl (C=O) groups is 1. The normalized spacial score (nSPS) is 18.3. The predicted molar refractivity (Wildman–Crippen MR) is 96.2 cm³/mol. The molecule has 6 nitrogen and oxygen atoms in total. The lowest BCUT2D eigenvalue weighted by Gasteiger charge is -2.24. The average molecular weight is 348 g/mol. The van der Waals surface area contributed by atoms with E-state index in [0.717, 1.165) is 11.1 Å². The minimum absolute atomic E-state index is 0.0227. The number of nitrogens with zero attached hydrogens (tertiary/aromatic N) is 4. The Kier molecular flexibility index (Phi) is 4.24. The monoisotopic (exact) mass is 348 g/mol. The first-order chi connectivity index (χ1) is 12.6. The van der Waals surface area contributed by atoms with Crippen LogP contribution in [0.25, 0.3) is 11.5 Å². The van der Waals surface area contributed by atoms with Crippen molar-refractivity contribution >= 4 is 5.91 Å². The van der Waals surface area contributed by atoms with Crippen molar-refractivity contribution in [2.24, 2.45) is 0 Å². The summed E-state index contributed by atoms with van der Waals surface area (Å²) in [4.78, 5) is 23.2. The first-order valence-corrected chi connectivity index (χ1v) is 8.73. The van der Waals surface area contributed by atoms with Gasteiger partial charge in [0, 0.05) is 19.2 Å². The van der Waals surface area contributed by atoms with Gasteiger partial charge in [0.2, 0.25) is 17.6 Å². The summed E-state index contributed by atoms with van der Waals surface area (Å²) in [5.74, 6) is 0.990. The van der Waals surface area contributed by atoms with E-state index in [9.17, 15) is 4.79 Å². The standard InChI is InChI=1S/C20H20N4O2/c1-13-8-9-21-17(10-13)19-22-20(26-23-19)16-11-18(25)24(12-16)14(2)15-6-4-3-5-7-15/h3-10,14,16H,11-12H2,1-2H3. The van der Waals surface area contributed by atoms with Gasteiger partial charge in [-0.15, -0.1) is 0 Å². The molecule has 6 heteroatoms. The number of likely N-dealkylation sites (tertiary alicyclic amines) is 1. The van der Waals surface area contributed by atoms with Crippen molar-refractivity contribution in [2.45, 2.75) is 32.2 Å². The van der Waals surface area contributed by atoms with E-state index in [1.54, 1.807) is 6.20 Å². The molecule has 2 aromatic heterocycles. The van der Waals surface area contributed by atoms with Crippen molar-refractivity contribution in [3.63, 3.8) is 0 Å². The number of benzene rings is 1. The van der Waals surface area contributed by atoms with Crippen molar-refractivity contribution in [3.05, 3.63) is 65.7 Å². The fourth-order valence-corrected chi connectivity index (χ4v) is 3.35. The van der Waals surface area contributed by atoms with Gasteiger partial charge in [0.1, 0.15) is 5.69 Å². The third kappa shape index (κ3) is 3.10. The minimum atomic E-state index is -0.0836. The van der Waals surface area contributed by atoms with Gasteiger partial charge in [0.15, 0.2) is 0 Å². The largest absolute Gasteiger partial charge is 0.339 e. The molecule has 4 rings (SSSR count). The van der Waals surface area contributed by atoms with Crippen LogP contribution in [0.15, 0.2) is 53.2 Å². The van der Waals surface area contributed by atoms with Crippen LogP contribution in [0, 0.1) is 6.92 Å². The molecule has 1 saturated heterocycles. The quantitative estimate of drug-likeness (QED) is 0.721. The number of pyridine rings is 1. The van der Waals surface area contributed by atoms with Crippen molar-refractivity contribution in [3.8, 4) is 11.5 Å². The Morgan fingerprint density at radius 3 is 2.81 bits per heavy atom. The number of amides is 1. The summed E-state index contributed by atoms with van der Waals surface area (Å²) in [5, 5.41) is 4.05. The Labute approximate surface area is 151 Å². The molecule has 26 heavy (non-hydrogen) atoms. The Bertz CT molecular complexity index is 922. The molecule has 0 bridgehead atoms. The van der Waals surface area contributed by atoms with Gasteiger partial charge in [-0.25, -0.2) is 0 Å². The van der Waals surface area contributed by atoms with Crippen LogP contribution in [0.1, 0.15) is 42.3 Å². The molecule has 0 N–H and O–H groups in total. The molecule has 1 aliphatic heterocycles. The number of hydrogen-bond acceptors (Lipinski definition) is 5. The van der Waals surface area contributed by atoms with Crippen LogP contribution in [0.3, 0.4) is 0 Å². The zero-order valence-corrected chi connectivity index (χ0v) is 14.8. The molecule has 1 amide bonds. The van der Waals surface area contributed by atoms with E-state index < -0.39 is 0 Å². The van der Waals surface area contributed by atoms with E-state index >= 15 is 0 Å². The molecule has 2 atom stereocenters. The highest BCUT2D eigenvalue weighted by Gasteiger charge is 2.37. The van der Waals surface area contributed by atoms with Crippen LogP contribution in [-0.2, 0) is 4.79 Å². The van der Waals surface area contributed by atoms with E-state index in [4.69, 9.17) is 4.52 Å². The van der Waals surface area contributed by atoms with Crippen LogP contribution in [0.5, 0.6) is 0 Å². The summed E-state index contributed by atoms with van der Waals surface area (Å²) in [6, 6.07) is 13.9. The fourth-order valence-electron chi connectivity index (χ4n) is 3.35. The summed E-state index contributed by atoms with van der Waals surface area (Å²) in [5.41, 5.74) is 2.88. The predicted octanol–water partition coefficient (Wildman–Crippen LogP) is 3.52. The van der Waals surface area contributed by atoms with Gasteiger partial charge in [0.05, 0.1) is 12.0 Å². The smallest absolute Gasteiger partial charge is 0.232 e. The number of aryl methyl sites for hydroxylation is 1. The Morgan fingerprint density at radius 1 is 1.23 bits per heavy atom. The maximum Gasteiger partial charge on any atom is 0.232 e. The van der Waals surface area contributed by atoms with Gasteiger partial charge in [-0.2, -0.15) is 4.98 Å². The van der Waals surface area contributed by atoms with Gasteiger partial charge >= 0.3 is 0 Å². The topological polar surface area (TPSA) is 72.1 Å². The highest BCUT2D eigenvalue weighted by molar-refractivity contribution is 5.80. The molecular weight excluding hydrogens is 328 g/mol. The SMILES string of the molecule is Cc1ccnc(-c2noc(C3CC(=O)N(C(C)c4ccccc4)C3)n2)c1. The lowest BCUT2D eigenvalue weighted by molar-refractivity contribution is -0.129. The Balaban J connectivity index is 1.52. The molecule has 0 spiro atoms. The maximum atomic E-state index is 12.5. The summed E-state index contributed by atoms with van der Waals surface area (Å²) in [6.45, 7) is 4.62. The molecule has 0 aliphatic carbocycles. The molecule has 0 radical (unpaired) electrons. The molecule has 132 valence electrons. The van der Waals surface area contributed by atoms with Gasteiger partial charge < -0.3 is 9.42 Å². The van der Waals surface area contributed by atoms with Gasteiger partial charge in [0.25, 0.3) is 0 Å². The number of hydrogen-bond donors (Lipinski definition) is 0. The van der Waals surface area contributed by atoms with Crippen molar-refractivity contribution < 1.29 is 9.32 Å². The first kappa shape index (κ1) is 16.4. The van der Waals surface area contributed by atoms with E-state index in [2.05, 4.69) is 15.1 Å². The zero-order valence-electron chi connectivity index (χ0n) is 14.8. The Hall–Kier alpha value is -3.02. The molecule has 1 fully saturated rings. The second-order valence-electron chi connectivity index (χ2n) is 6.71. The molecule has 0 saturated carbocycles. The third-order valence-electron chi connectivity index (χ3n) is 4.84. The van der Waals surface area contributed by atoms with E-state index in [1.165, 1.54) is 0 Å². The number of rotatable bonds is 4.